The molecule has 0 amide bonds. The largest absolute Gasteiger partial charge is 0.333 e. The highest BCUT2D eigenvalue weighted by Crippen LogP contribution is 2.15. The Hall–Kier alpha value is -3.56. The molecule has 224 valence electrons. The molecular formula is C31H42N2O8. The Labute approximate surface area is 238 Å². The van der Waals surface area contributed by atoms with Crippen LogP contribution in [0.2, 0.25) is 0 Å². The van der Waals surface area contributed by atoms with E-state index in [1.165, 1.54) is 77.6 Å². The number of carbonyl (C=O) groups is 2. The van der Waals surface area contributed by atoms with Crippen LogP contribution < -0.4 is 31.9 Å². The summed E-state index contributed by atoms with van der Waals surface area (Å²) >= 11 is 0. The minimum Gasteiger partial charge on any atom is -0.330 e. The van der Waals surface area contributed by atoms with E-state index < -0.39 is 34.2 Å². The third kappa shape index (κ3) is 8.47. The smallest absolute Gasteiger partial charge is 0.330 e. The Balaban J connectivity index is 1.42. The summed E-state index contributed by atoms with van der Waals surface area (Å²) in [5.41, 5.74) is -3.64. The first-order valence-electron chi connectivity index (χ1n) is 15.2. The molecule has 41 heavy (non-hydrogen) atoms. The number of nitrogens with zero attached hydrogens (tertiary/aromatic N) is 2. The fraction of sp³-hybridized carbons (Fsp3) is 0.613. The van der Waals surface area contributed by atoms with Gasteiger partial charge >= 0.3 is 11.9 Å². The monoisotopic (exact) mass is 570 g/mol. The summed E-state index contributed by atoms with van der Waals surface area (Å²) in [6.07, 6.45) is 18.0. The zero-order valence-corrected chi connectivity index (χ0v) is 24.3. The molecule has 0 spiro atoms. The third-order valence-corrected chi connectivity index (χ3v) is 7.48. The lowest BCUT2D eigenvalue weighted by Gasteiger charge is -2.04. The van der Waals surface area contributed by atoms with Crippen molar-refractivity contribution in [2.24, 2.45) is 0 Å². The maximum absolute atomic E-state index is 12.8. The lowest BCUT2D eigenvalue weighted by atomic mass is 10.0. The number of benzene rings is 1. The molecule has 0 fully saturated rings. The predicted molar refractivity (Wildman–Crippen MR) is 158 cm³/mol. The normalized spacial score (nSPS) is 11.5. The van der Waals surface area contributed by atoms with Crippen molar-refractivity contribution in [3.63, 3.8) is 0 Å². The maximum atomic E-state index is 12.8. The molecule has 0 bridgehead atoms. The van der Waals surface area contributed by atoms with Crippen molar-refractivity contribution in [3.8, 4) is 0 Å². The summed E-state index contributed by atoms with van der Waals surface area (Å²) < 4.78 is 0.687. The summed E-state index contributed by atoms with van der Waals surface area (Å²) in [6.45, 7) is 3.74. The molecule has 0 aliphatic carbocycles. The Morgan fingerprint density at radius 3 is 1.17 bits per heavy atom. The second-order valence-electron chi connectivity index (χ2n) is 10.7. The van der Waals surface area contributed by atoms with Gasteiger partial charge in [0, 0.05) is 12.8 Å². The second kappa shape index (κ2) is 16.0. The molecule has 0 radical (unpaired) electrons. The van der Waals surface area contributed by atoms with Crippen molar-refractivity contribution in [1.82, 2.24) is 9.46 Å². The van der Waals surface area contributed by atoms with E-state index in [1.807, 2.05) is 0 Å². The minimum absolute atomic E-state index is 0.0550. The summed E-state index contributed by atoms with van der Waals surface area (Å²) in [5, 5.41) is -0.689. The van der Waals surface area contributed by atoms with E-state index in [-0.39, 0.29) is 34.4 Å². The molecule has 0 aliphatic rings. The maximum Gasteiger partial charge on any atom is 0.333 e. The summed E-state index contributed by atoms with van der Waals surface area (Å²) in [4.78, 5) is 84.4. The summed E-state index contributed by atoms with van der Waals surface area (Å²) in [6, 6.07) is 2.18. The fourth-order valence-electron chi connectivity index (χ4n) is 5.05. The van der Waals surface area contributed by atoms with Crippen LogP contribution in [0.5, 0.6) is 0 Å². The molecule has 10 heteroatoms. The molecule has 0 saturated heterocycles. The lowest BCUT2D eigenvalue weighted by molar-refractivity contribution is -0.145. The number of fused-ring (bicyclic) bond motifs is 2. The quantitative estimate of drug-likeness (QED) is 0.193. The minimum atomic E-state index is -0.918. The van der Waals surface area contributed by atoms with Gasteiger partial charge in [-0.25, -0.2) is 9.59 Å². The van der Waals surface area contributed by atoms with Gasteiger partial charge in [-0.3, -0.25) is 19.2 Å². The van der Waals surface area contributed by atoms with Gasteiger partial charge in [0.2, 0.25) is 0 Å². The molecule has 0 saturated carbocycles. The van der Waals surface area contributed by atoms with Crippen molar-refractivity contribution in [2.75, 3.05) is 0 Å². The van der Waals surface area contributed by atoms with Crippen LogP contribution in [0.4, 0.5) is 0 Å². The average molecular weight is 571 g/mol. The van der Waals surface area contributed by atoms with Crippen molar-refractivity contribution in [3.05, 3.63) is 53.5 Å². The topological polar surface area (TPSA) is 131 Å². The molecule has 0 aliphatic heterocycles. The van der Waals surface area contributed by atoms with Crippen LogP contribution in [0.3, 0.4) is 0 Å². The third-order valence-electron chi connectivity index (χ3n) is 7.48. The number of unbranched alkanes of at least 4 members (excludes halogenated alkanes) is 14. The molecular weight excluding hydrogens is 528 g/mol. The first-order valence-corrected chi connectivity index (χ1v) is 15.2. The van der Waals surface area contributed by atoms with Crippen molar-refractivity contribution in [2.45, 2.75) is 123 Å². The Morgan fingerprint density at radius 1 is 0.512 bits per heavy atom. The standard InChI is InChI=1S/C31H42N2O8/c1-3-5-6-7-8-9-10-11-12-13-14-15-16-17-18-19-27(35)41-33-30(38)24-20-22-23(21-25(24)31(33)39)29(37)32(28(22)36)40-26(34)4-2/h20-21H,3-19H2,1-2H3. The van der Waals surface area contributed by atoms with Crippen LogP contribution in [0.1, 0.15) is 123 Å². The molecule has 0 atom stereocenters. The van der Waals surface area contributed by atoms with E-state index in [1.54, 1.807) is 0 Å². The summed E-state index contributed by atoms with van der Waals surface area (Å²) in [7, 11) is 0. The van der Waals surface area contributed by atoms with Gasteiger partial charge in [-0.05, 0) is 18.6 Å². The van der Waals surface area contributed by atoms with Crippen LogP contribution >= 0.6 is 0 Å². The van der Waals surface area contributed by atoms with E-state index in [0.29, 0.717) is 15.9 Å². The van der Waals surface area contributed by atoms with Gasteiger partial charge in [0.1, 0.15) is 0 Å². The van der Waals surface area contributed by atoms with Gasteiger partial charge in [-0.15, -0.1) is 0 Å². The van der Waals surface area contributed by atoms with Gasteiger partial charge in [-0.2, -0.15) is 0 Å². The van der Waals surface area contributed by atoms with Crippen LogP contribution in [-0.2, 0) is 9.59 Å². The SMILES string of the molecule is CCCCCCCCCCCCCCCCCC(=O)On1c(=O)c2cc3c(=O)n(OC(=O)CC)c(=O)c3cc2c1=O. The second-order valence-corrected chi connectivity index (χ2v) is 10.7. The lowest BCUT2D eigenvalue weighted by Crippen LogP contribution is -2.35. The van der Waals surface area contributed by atoms with Crippen LogP contribution in [0, 0.1) is 0 Å². The molecule has 3 rings (SSSR count). The zero-order valence-electron chi connectivity index (χ0n) is 24.3. The van der Waals surface area contributed by atoms with Crippen molar-refractivity contribution < 1.29 is 19.3 Å². The van der Waals surface area contributed by atoms with Gasteiger partial charge in [0.15, 0.2) is 0 Å². The Bertz CT molecular complexity index is 1440. The summed E-state index contributed by atoms with van der Waals surface area (Å²) in [5.74, 6) is -1.49. The number of aromatic nitrogens is 2. The highest BCUT2D eigenvalue weighted by Gasteiger charge is 2.22. The highest BCUT2D eigenvalue weighted by atomic mass is 16.7. The zero-order chi connectivity index (χ0) is 29.8. The molecule has 0 N–H and O–H groups in total. The average Bonchev–Trinajstić information content (AvgIpc) is 3.33. The van der Waals surface area contributed by atoms with Gasteiger partial charge in [-0.1, -0.05) is 113 Å². The van der Waals surface area contributed by atoms with Crippen molar-refractivity contribution >= 4 is 33.5 Å². The van der Waals surface area contributed by atoms with Gasteiger partial charge in [0.25, 0.3) is 22.2 Å². The molecule has 10 nitrogen and oxygen atoms in total. The molecule has 3 aromatic rings. The van der Waals surface area contributed by atoms with Crippen LogP contribution in [0.15, 0.2) is 31.3 Å². The first-order chi connectivity index (χ1) is 19.8. The van der Waals surface area contributed by atoms with E-state index >= 15 is 0 Å². The molecule has 0 unspecified atom stereocenters. The van der Waals surface area contributed by atoms with Crippen LogP contribution in [0.25, 0.3) is 21.5 Å². The predicted octanol–water partition coefficient (Wildman–Crippen LogP) is 4.49. The van der Waals surface area contributed by atoms with E-state index in [0.717, 1.165) is 31.4 Å². The molecule has 1 aromatic carbocycles. The van der Waals surface area contributed by atoms with Gasteiger partial charge in [0.05, 0.1) is 21.5 Å². The van der Waals surface area contributed by atoms with E-state index in [4.69, 9.17) is 9.68 Å². The van der Waals surface area contributed by atoms with Gasteiger partial charge < -0.3 is 9.68 Å². The van der Waals surface area contributed by atoms with E-state index in [9.17, 15) is 28.8 Å². The first kappa shape index (κ1) is 32.0. The molecule has 2 heterocycles. The Kier molecular flexibility index (Phi) is 12.5. The van der Waals surface area contributed by atoms with Crippen LogP contribution in [-0.4, -0.2) is 21.4 Å². The van der Waals surface area contributed by atoms with Crippen molar-refractivity contribution in [1.29, 1.82) is 0 Å². The number of hydrogen-bond donors (Lipinski definition) is 0. The fourth-order valence-corrected chi connectivity index (χ4v) is 5.05. The number of hydrogen-bond acceptors (Lipinski definition) is 8. The number of carbonyl (C=O) groups excluding carboxylic acids is 2. The van der Waals surface area contributed by atoms with E-state index in [2.05, 4.69) is 6.92 Å². The number of rotatable bonds is 19. The Morgan fingerprint density at radius 2 is 0.829 bits per heavy atom. The highest BCUT2D eigenvalue weighted by molar-refractivity contribution is 5.97. The molecule has 2 aromatic heterocycles.